The van der Waals surface area contributed by atoms with E-state index in [9.17, 15) is 28.8 Å². The summed E-state index contributed by atoms with van der Waals surface area (Å²) in [6.45, 7) is 1.29. The molecule has 0 radical (unpaired) electrons. The fourth-order valence-electron chi connectivity index (χ4n) is 9.70. The van der Waals surface area contributed by atoms with Crippen molar-refractivity contribution < 1.29 is 57.2 Å². The number of carbonyl (C=O) groups excluding carboxylic acids is 6. The molecular formula is C60H62Cl2N6O12. The fourth-order valence-corrected chi connectivity index (χ4v) is 9.95. The standard InChI is InChI=1S/C60H62Cl2N6O12/c1-75-49-21-37(22-50(76-2)55(49)79-5)29-65-59(73)47-27-41-33-67(31-39(41)25-45(47)57(71)63-19-17-35-7-11-43(61)12-8-35)53(69)15-16-54(70)68-32-40-26-46(58(72)64-20-18-36-9-13-44(62)14-10-36)48(28-42(40)34-68)60(74)66-30-38-23-51(77-3)56(80-6)52(24-38)78-4/h7-14,21-28H,15-20,29-34H2,1-6H3,(H,63,71)(H,64,72)(H,65,73)(H,66,74). The first-order chi connectivity index (χ1) is 38.6. The Morgan fingerprint density at radius 1 is 0.400 bits per heavy atom. The van der Waals surface area contributed by atoms with Crippen LogP contribution in [0.1, 0.15) is 98.8 Å². The average molecular weight is 1130 g/mol. The molecule has 0 saturated carbocycles. The minimum Gasteiger partial charge on any atom is -0.493 e. The predicted octanol–water partition coefficient (Wildman–Crippen LogP) is 8.01. The van der Waals surface area contributed by atoms with Crippen molar-refractivity contribution in [2.75, 3.05) is 55.7 Å². The van der Waals surface area contributed by atoms with Gasteiger partial charge in [-0.3, -0.25) is 28.8 Å². The van der Waals surface area contributed by atoms with Crippen LogP contribution in [0.3, 0.4) is 0 Å². The summed E-state index contributed by atoms with van der Waals surface area (Å²) in [5, 5.41) is 12.9. The quantitative estimate of drug-likeness (QED) is 0.0481. The molecule has 4 N–H and O–H groups in total. The maximum atomic E-state index is 14.1. The maximum absolute atomic E-state index is 14.1. The Balaban J connectivity index is 0.944. The van der Waals surface area contributed by atoms with Gasteiger partial charge in [-0.15, -0.1) is 0 Å². The molecule has 6 aromatic rings. The van der Waals surface area contributed by atoms with Crippen LogP contribution >= 0.6 is 23.2 Å². The molecule has 80 heavy (non-hydrogen) atoms. The van der Waals surface area contributed by atoms with Crippen LogP contribution in [-0.4, -0.2) is 101 Å². The SMILES string of the molecule is COc1cc(CNC(=O)c2cc3c(cc2C(=O)NCCc2ccc(Cl)cc2)CN(C(=O)CCC(=O)N2Cc4cc(C(=O)NCCc5ccc(Cl)cc5)c(C(=O)NCc5cc(OC)c(OC)c(OC)c5)cc4C2)C3)cc(OC)c1OC. The summed E-state index contributed by atoms with van der Waals surface area (Å²) in [6.07, 6.45) is 0.803. The van der Waals surface area contributed by atoms with Crippen molar-refractivity contribution in [1.82, 2.24) is 31.1 Å². The normalized spacial score (nSPS) is 12.2. The highest BCUT2D eigenvalue weighted by Crippen LogP contribution is 2.40. The summed E-state index contributed by atoms with van der Waals surface area (Å²) in [5.41, 5.74) is 6.50. The van der Waals surface area contributed by atoms with Crippen molar-refractivity contribution in [3.05, 3.63) is 174 Å². The number of carbonyl (C=O) groups is 6. The second-order valence-corrected chi connectivity index (χ2v) is 19.9. The Morgan fingerprint density at radius 3 is 0.963 bits per heavy atom. The van der Waals surface area contributed by atoms with E-state index >= 15 is 0 Å². The van der Waals surface area contributed by atoms with Crippen molar-refractivity contribution in [2.24, 2.45) is 0 Å². The third-order valence-electron chi connectivity index (χ3n) is 13.9. The van der Waals surface area contributed by atoms with Crippen molar-refractivity contribution >= 4 is 58.6 Å². The van der Waals surface area contributed by atoms with E-state index in [0.29, 0.717) is 90.8 Å². The summed E-state index contributed by atoms with van der Waals surface area (Å²) in [5.74, 6) is -0.126. The van der Waals surface area contributed by atoms with Crippen molar-refractivity contribution in [3.63, 3.8) is 0 Å². The summed E-state index contributed by atoms with van der Waals surface area (Å²) in [4.78, 5) is 87.1. The number of nitrogens with one attached hydrogen (secondary N) is 4. The molecule has 6 aromatic carbocycles. The van der Waals surface area contributed by atoms with E-state index in [1.165, 1.54) is 42.7 Å². The highest BCUT2D eigenvalue weighted by molar-refractivity contribution is 6.30. The van der Waals surface area contributed by atoms with Gasteiger partial charge in [0, 0.05) is 75.2 Å². The molecule has 18 nitrogen and oxygen atoms in total. The van der Waals surface area contributed by atoms with Crippen LogP contribution in [-0.2, 0) is 61.7 Å². The number of nitrogens with zero attached hydrogens (tertiary/aromatic N) is 2. The third kappa shape index (κ3) is 13.7. The number of hydrogen-bond donors (Lipinski definition) is 4. The second-order valence-electron chi connectivity index (χ2n) is 19.0. The van der Waals surface area contributed by atoms with Crippen molar-refractivity contribution in [2.45, 2.75) is 65.0 Å². The number of hydrogen-bond acceptors (Lipinski definition) is 12. The smallest absolute Gasteiger partial charge is 0.252 e. The number of amides is 6. The van der Waals surface area contributed by atoms with Gasteiger partial charge in [0.25, 0.3) is 23.6 Å². The van der Waals surface area contributed by atoms with E-state index < -0.39 is 23.6 Å². The van der Waals surface area contributed by atoms with Gasteiger partial charge in [-0.1, -0.05) is 47.5 Å². The molecule has 2 heterocycles. The van der Waals surface area contributed by atoms with Crippen molar-refractivity contribution in [1.29, 1.82) is 0 Å². The van der Waals surface area contributed by atoms with Crippen molar-refractivity contribution in [3.8, 4) is 34.5 Å². The van der Waals surface area contributed by atoms with E-state index in [1.807, 2.05) is 24.3 Å². The summed E-state index contributed by atoms with van der Waals surface area (Å²) < 4.78 is 32.9. The van der Waals surface area contributed by atoms with Gasteiger partial charge in [0.05, 0.1) is 64.9 Å². The lowest BCUT2D eigenvalue weighted by atomic mass is 9.98. The first kappa shape index (κ1) is 57.7. The molecule has 418 valence electrons. The van der Waals surface area contributed by atoms with Crippen LogP contribution in [0.2, 0.25) is 10.0 Å². The third-order valence-corrected chi connectivity index (χ3v) is 14.4. The minimum absolute atomic E-state index is 0.0574. The maximum Gasteiger partial charge on any atom is 0.252 e. The van der Waals surface area contributed by atoms with Crippen LogP contribution in [0.15, 0.2) is 97.1 Å². The molecule has 20 heteroatoms. The predicted molar refractivity (Wildman–Crippen MR) is 300 cm³/mol. The molecule has 8 rings (SSSR count). The van der Waals surface area contributed by atoms with E-state index in [2.05, 4.69) is 21.3 Å². The van der Waals surface area contributed by atoms with Crippen LogP contribution in [0.4, 0.5) is 0 Å². The largest absolute Gasteiger partial charge is 0.493 e. The summed E-state index contributed by atoms with van der Waals surface area (Å²) >= 11 is 12.1. The number of fused-ring (bicyclic) bond motifs is 2. The van der Waals surface area contributed by atoms with Gasteiger partial charge in [-0.25, -0.2) is 0 Å². The Hall–Kier alpha value is -8.48. The lowest BCUT2D eigenvalue weighted by Crippen LogP contribution is -2.30. The monoisotopic (exact) mass is 1130 g/mol. The second kappa shape index (κ2) is 26.4. The number of benzene rings is 6. The zero-order chi connectivity index (χ0) is 57.0. The van der Waals surface area contributed by atoms with Crippen LogP contribution in [0, 0.1) is 0 Å². The molecule has 0 spiro atoms. The molecule has 0 saturated heterocycles. The van der Waals surface area contributed by atoms with Gasteiger partial charge < -0.3 is 59.5 Å². The topological polar surface area (TPSA) is 212 Å². The minimum atomic E-state index is -0.517. The van der Waals surface area contributed by atoms with Gasteiger partial charge in [0.2, 0.25) is 23.3 Å². The van der Waals surface area contributed by atoms with Gasteiger partial charge in [0.15, 0.2) is 23.0 Å². The molecule has 0 unspecified atom stereocenters. The Kier molecular flexibility index (Phi) is 19.1. The zero-order valence-electron chi connectivity index (χ0n) is 45.3. The van der Waals surface area contributed by atoms with Gasteiger partial charge in [-0.2, -0.15) is 0 Å². The van der Waals surface area contributed by atoms with Gasteiger partial charge in [0.1, 0.15) is 0 Å². The molecular weight excluding hydrogens is 1070 g/mol. The van der Waals surface area contributed by atoms with Gasteiger partial charge >= 0.3 is 0 Å². The molecule has 0 aliphatic carbocycles. The molecule has 2 aliphatic heterocycles. The first-order valence-electron chi connectivity index (χ1n) is 25.7. The molecule has 0 fully saturated rings. The Labute approximate surface area is 473 Å². The fraction of sp³-hybridized carbons (Fsp3) is 0.300. The average Bonchev–Trinajstić information content (AvgIpc) is 4.17. The van der Waals surface area contributed by atoms with Crippen LogP contribution < -0.4 is 49.7 Å². The number of methoxy groups -OCH3 is 6. The van der Waals surface area contributed by atoms with Crippen LogP contribution in [0.5, 0.6) is 34.5 Å². The number of ether oxygens (including phenoxy) is 6. The molecule has 0 aromatic heterocycles. The summed E-state index contributed by atoms with van der Waals surface area (Å²) in [7, 11) is 8.97. The lowest BCUT2D eigenvalue weighted by molar-refractivity contribution is -0.137. The van der Waals surface area contributed by atoms with Crippen LogP contribution in [0.25, 0.3) is 0 Å². The Morgan fingerprint density at radius 2 is 0.688 bits per heavy atom. The molecule has 6 amide bonds. The molecule has 2 aliphatic rings. The van der Waals surface area contributed by atoms with E-state index in [4.69, 9.17) is 51.6 Å². The number of halogens is 2. The van der Waals surface area contributed by atoms with E-state index in [0.717, 1.165) is 11.1 Å². The zero-order valence-corrected chi connectivity index (χ0v) is 46.8. The highest BCUT2D eigenvalue weighted by Gasteiger charge is 2.32. The van der Waals surface area contributed by atoms with E-state index in [1.54, 1.807) is 82.6 Å². The summed E-state index contributed by atoms with van der Waals surface area (Å²) in [6, 6.07) is 28.1. The lowest BCUT2D eigenvalue weighted by Gasteiger charge is -2.18. The van der Waals surface area contributed by atoms with Gasteiger partial charge in [-0.05, 0) is 130 Å². The number of rotatable bonds is 23. The first-order valence-corrected chi connectivity index (χ1v) is 26.5. The molecule has 0 bridgehead atoms. The van der Waals surface area contributed by atoms with E-state index in [-0.39, 0.29) is 99.3 Å². The Bertz CT molecular complexity index is 3050. The highest BCUT2D eigenvalue weighted by atomic mass is 35.5. The molecule has 0 atom stereocenters.